The van der Waals surface area contributed by atoms with Gasteiger partial charge in [-0.3, -0.25) is 4.90 Å². The van der Waals surface area contributed by atoms with Crippen molar-refractivity contribution >= 4 is 18.1 Å². The van der Waals surface area contributed by atoms with Crippen molar-refractivity contribution < 1.29 is 0 Å². The SMILES string of the molecule is Cl.c1ccc(NC2CCN(C3(c4ccccc4)CCCCC3)CC2)cc1. The Kier molecular flexibility index (Phi) is 6.61. The van der Waals surface area contributed by atoms with Crippen LogP contribution in [0.5, 0.6) is 0 Å². The minimum atomic E-state index is 0. The Morgan fingerprint density at radius 1 is 0.769 bits per heavy atom. The van der Waals surface area contributed by atoms with Gasteiger partial charge in [0.15, 0.2) is 0 Å². The predicted octanol–water partition coefficient (Wildman–Crippen LogP) is 5.84. The molecule has 1 saturated carbocycles. The van der Waals surface area contributed by atoms with Crippen LogP contribution >= 0.6 is 12.4 Å². The molecule has 1 N–H and O–H groups in total. The van der Waals surface area contributed by atoms with E-state index < -0.39 is 0 Å². The van der Waals surface area contributed by atoms with Gasteiger partial charge in [0.25, 0.3) is 0 Å². The quantitative estimate of drug-likeness (QED) is 0.726. The molecule has 1 saturated heterocycles. The number of para-hydroxylation sites is 1. The van der Waals surface area contributed by atoms with Gasteiger partial charge in [-0.25, -0.2) is 0 Å². The maximum atomic E-state index is 3.73. The minimum Gasteiger partial charge on any atom is -0.382 e. The molecule has 4 rings (SSSR count). The second kappa shape index (κ2) is 8.92. The number of halogens is 1. The van der Waals surface area contributed by atoms with Gasteiger partial charge in [-0.2, -0.15) is 0 Å². The summed E-state index contributed by atoms with van der Waals surface area (Å²) in [6.45, 7) is 2.42. The van der Waals surface area contributed by atoms with Crippen molar-refractivity contribution in [1.29, 1.82) is 0 Å². The molecule has 2 aromatic rings. The summed E-state index contributed by atoms with van der Waals surface area (Å²) in [5, 5.41) is 3.73. The number of nitrogens with zero attached hydrogens (tertiary/aromatic N) is 1. The van der Waals surface area contributed by atoms with E-state index in [0.717, 1.165) is 0 Å². The number of rotatable bonds is 4. The van der Waals surface area contributed by atoms with Crippen molar-refractivity contribution in [3.8, 4) is 0 Å². The molecule has 2 aliphatic rings. The summed E-state index contributed by atoms with van der Waals surface area (Å²) in [6.07, 6.45) is 9.28. The first-order valence-corrected chi connectivity index (χ1v) is 9.99. The van der Waals surface area contributed by atoms with Crippen LogP contribution in [0.3, 0.4) is 0 Å². The number of nitrogens with one attached hydrogen (secondary N) is 1. The van der Waals surface area contributed by atoms with Gasteiger partial charge in [-0.1, -0.05) is 67.8 Å². The molecule has 0 unspecified atom stereocenters. The van der Waals surface area contributed by atoms with Crippen molar-refractivity contribution in [3.63, 3.8) is 0 Å². The molecule has 140 valence electrons. The van der Waals surface area contributed by atoms with Gasteiger partial charge in [0.1, 0.15) is 0 Å². The molecule has 2 fully saturated rings. The fourth-order valence-corrected chi connectivity index (χ4v) is 4.89. The Morgan fingerprint density at radius 3 is 1.96 bits per heavy atom. The van der Waals surface area contributed by atoms with Crippen LogP contribution in [0.1, 0.15) is 50.5 Å². The third-order valence-corrected chi connectivity index (χ3v) is 6.24. The number of piperidine rings is 1. The smallest absolute Gasteiger partial charge is 0.0460 e. The first-order valence-electron chi connectivity index (χ1n) is 9.99. The number of hydrogen-bond acceptors (Lipinski definition) is 2. The molecule has 1 aliphatic heterocycles. The zero-order valence-electron chi connectivity index (χ0n) is 15.6. The number of benzene rings is 2. The van der Waals surface area contributed by atoms with E-state index in [2.05, 4.69) is 70.9 Å². The van der Waals surface area contributed by atoms with Crippen LogP contribution in [0.4, 0.5) is 5.69 Å². The fraction of sp³-hybridized carbons (Fsp3) is 0.478. The highest BCUT2D eigenvalue weighted by molar-refractivity contribution is 5.85. The molecule has 1 heterocycles. The number of hydrogen-bond donors (Lipinski definition) is 1. The molecule has 0 aromatic heterocycles. The standard InChI is InChI=1S/C23H30N2.ClH/c1-4-10-20(11-5-1)23(16-8-3-9-17-23)25-18-14-22(15-19-25)24-21-12-6-2-7-13-21;/h1-2,4-7,10-13,22,24H,3,8-9,14-19H2;1H. The predicted molar refractivity (Wildman–Crippen MR) is 113 cm³/mol. The maximum absolute atomic E-state index is 3.73. The van der Waals surface area contributed by atoms with Gasteiger partial charge in [0, 0.05) is 30.4 Å². The summed E-state index contributed by atoms with van der Waals surface area (Å²) in [6, 6.07) is 22.6. The van der Waals surface area contributed by atoms with E-state index in [1.165, 1.54) is 63.7 Å². The van der Waals surface area contributed by atoms with E-state index in [0.29, 0.717) is 6.04 Å². The molecule has 0 atom stereocenters. The largest absolute Gasteiger partial charge is 0.382 e. The lowest BCUT2D eigenvalue weighted by molar-refractivity contribution is 0.0277. The van der Waals surface area contributed by atoms with Gasteiger partial charge in [0.2, 0.25) is 0 Å². The number of anilines is 1. The number of likely N-dealkylation sites (tertiary alicyclic amines) is 1. The average molecular weight is 371 g/mol. The molecule has 26 heavy (non-hydrogen) atoms. The molecule has 0 bridgehead atoms. The van der Waals surface area contributed by atoms with Crippen molar-refractivity contribution in [3.05, 3.63) is 66.2 Å². The lowest BCUT2D eigenvalue weighted by atomic mass is 9.74. The summed E-state index contributed by atoms with van der Waals surface area (Å²) >= 11 is 0. The average Bonchev–Trinajstić information content (AvgIpc) is 2.70. The van der Waals surface area contributed by atoms with Crippen LogP contribution in [0.2, 0.25) is 0 Å². The minimum absolute atomic E-state index is 0. The summed E-state index contributed by atoms with van der Waals surface area (Å²) in [4.78, 5) is 2.81. The van der Waals surface area contributed by atoms with Gasteiger partial charge >= 0.3 is 0 Å². The first-order chi connectivity index (χ1) is 12.4. The Balaban J connectivity index is 0.00000196. The van der Waals surface area contributed by atoms with E-state index >= 15 is 0 Å². The summed E-state index contributed by atoms with van der Waals surface area (Å²) in [5.41, 5.74) is 3.09. The van der Waals surface area contributed by atoms with Crippen LogP contribution in [0.15, 0.2) is 60.7 Å². The van der Waals surface area contributed by atoms with Gasteiger partial charge < -0.3 is 5.32 Å². The van der Waals surface area contributed by atoms with E-state index in [9.17, 15) is 0 Å². The first kappa shape index (κ1) is 19.3. The van der Waals surface area contributed by atoms with Crippen molar-refractivity contribution in [2.45, 2.75) is 56.5 Å². The lowest BCUT2D eigenvalue weighted by Crippen LogP contribution is -2.52. The zero-order chi connectivity index (χ0) is 17.0. The van der Waals surface area contributed by atoms with E-state index in [1.807, 2.05) is 0 Å². The van der Waals surface area contributed by atoms with E-state index in [4.69, 9.17) is 0 Å². The zero-order valence-corrected chi connectivity index (χ0v) is 16.4. The molecule has 0 radical (unpaired) electrons. The maximum Gasteiger partial charge on any atom is 0.0460 e. The van der Waals surface area contributed by atoms with Crippen molar-refractivity contribution in [2.24, 2.45) is 0 Å². The van der Waals surface area contributed by atoms with E-state index in [1.54, 1.807) is 5.56 Å². The molecule has 0 amide bonds. The van der Waals surface area contributed by atoms with Crippen molar-refractivity contribution in [2.75, 3.05) is 18.4 Å². The lowest BCUT2D eigenvalue weighted by Gasteiger charge is -2.50. The second-order valence-electron chi connectivity index (χ2n) is 7.73. The van der Waals surface area contributed by atoms with Crippen LogP contribution in [0.25, 0.3) is 0 Å². The molecule has 0 spiro atoms. The summed E-state index contributed by atoms with van der Waals surface area (Å²) < 4.78 is 0. The summed E-state index contributed by atoms with van der Waals surface area (Å²) in [5.74, 6) is 0. The monoisotopic (exact) mass is 370 g/mol. The Labute approximate surface area is 164 Å². The normalized spacial score (nSPS) is 20.9. The Morgan fingerprint density at radius 2 is 1.35 bits per heavy atom. The van der Waals surface area contributed by atoms with Crippen LogP contribution in [0, 0.1) is 0 Å². The summed E-state index contributed by atoms with van der Waals surface area (Å²) in [7, 11) is 0. The van der Waals surface area contributed by atoms with E-state index in [-0.39, 0.29) is 17.9 Å². The highest BCUT2D eigenvalue weighted by atomic mass is 35.5. The molecule has 1 aliphatic carbocycles. The molecule has 2 nitrogen and oxygen atoms in total. The Hall–Kier alpha value is -1.51. The third kappa shape index (κ3) is 4.07. The molecular formula is C23H31ClN2. The second-order valence-corrected chi connectivity index (χ2v) is 7.73. The van der Waals surface area contributed by atoms with Gasteiger partial charge in [-0.05, 0) is 43.4 Å². The van der Waals surface area contributed by atoms with Crippen LogP contribution < -0.4 is 5.32 Å². The fourth-order valence-electron chi connectivity index (χ4n) is 4.89. The highest BCUT2D eigenvalue weighted by Crippen LogP contribution is 2.43. The van der Waals surface area contributed by atoms with Gasteiger partial charge in [0.05, 0.1) is 0 Å². The topological polar surface area (TPSA) is 15.3 Å². The van der Waals surface area contributed by atoms with Crippen LogP contribution in [-0.2, 0) is 5.54 Å². The molecule has 3 heteroatoms. The van der Waals surface area contributed by atoms with Gasteiger partial charge in [-0.15, -0.1) is 12.4 Å². The highest BCUT2D eigenvalue weighted by Gasteiger charge is 2.40. The Bertz CT molecular complexity index is 644. The van der Waals surface area contributed by atoms with Crippen LogP contribution in [-0.4, -0.2) is 24.0 Å². The molecule has 2 aromatic carbocycles. The molecular weight excluding hydrogens is 340 g/mol. The van der Waals surface area contributed by atoms with Crippen molar-refractivity contribution in [1.82, 2.24) is 4.90 Å². The third-order valence-electron chi connectivity index (χ3n) is 6.24.